The first-order valence-corrected chi connectivity index (χ1v) is 5.89. The monoisotopic (exact) mass is 203 g/mol. The van der Waals surface area contributed by atoms with Gasteiger partial charge in [0.05, 0.1) is 0 Å². The Morgan fingerprint density at radius 3 is 2.73 bits per heavy atom. The minimum absolute atomic E-state index is 1.09. The molecule has 1 rings (SSSR count). The fraction of sp³-hybridized carbons (Fsp3) is 0.500. The molecule has 1 heteroatoms. The third-order valence-corrected chi connectivity index (χ3v) is 2.58. The predicted molar refractivity (Wildman–Crippen MR) is 66.8 cm³/mol. The molecule has 15 heavy (non-hydrogen) atoms. The number of aryl methyl sites for hydroxylation is 1. The molecular weight excluding hydrogens is 182 g/mol. The first kappa shape index (κ1) is 12.0. The zero-order valence-electron chi connectivity index (χ0n) is 10.1. The summed E-state index contributed by atoms with van der Waals surface area (Å²) in [5, 5.41) is 0. The highest BCUT2D eigenvalue weighted by Gasteiger charge is 1.99. The van der Waals surface area contributed by atoms with Crippen molar-refractivity contribution in [3.05, 3.63) is 35.7 Å². The minimum Gasteiger partial charge on any atom is -0.264 e. The van der Waals surface area contributed by atoms with Crippen LogP contribution in [0.2, 0.25) is 0 Å². The Bertz CT molecular complexity index is 326. The molecule has 0 fully saturated rings. The third kappa shape index (κ3) is 3.86. The van der Waals surface area contributed by atoms with Crippen LogP contribution in [-0.4, -0.2) is 4.98 Å². The summed E-state index contributed by atoms with van der Waals surface area (Å²) >= 11 is 0. The van der Waals surface area contributed by atoms with E-state index in [4.69, 9.17) is 0 Å². The standard InChI is InChI=1S/C14H21N/c1-4-6-7-8-13(5-2)14-9-12(3)10-15-11-14/h8-11H,4-7H2,1-3H3/b13-8+. The maximum atomic E-state index is 4.24. The van der Waals surface area contributed by atoms with E-state index in [9.17, 15) is 0 Å². The average Bonchev–Trinajstić information content (AvgIpc) is 2.24. The average molecular weight is 203 g/mol. The van der Waals surface area contributed by atoms with Crippen molar-refractivity contribution in [2.75, 3.05) is 0 Å². The van der Waals surface area contributed by atoms with Gasteiger partial charge in [-0.1, -0.05) is 32.8 Å². The van der Waals surface area contributed by atoms with Gasteiger partial charge in [0.15, 0.2) is 0 Å². The van der Waals surface area contributed by atoms with Gasteiger partial charge < -0.3 is 0 Å². The summed E-state index contributed by atoms with van der Waals surface area (Å²) in [7, 11) is 0. The largest absolute Gasteiger partial charge is 0.264 e. The Morgan fingerprint density at radius 2 is 2.13 bits per heavy atom. The molecule has 1 heterocycles. The van der Waals surface area contributed by atoms with E-state index in [-0.39, 0.29) is 0 Å². The molecule has 0 saturated carbocycles. The van der Waals surface area contributed by atoms with Crippen molar-refractivity contribution in [1.29, 1.82) is 0 Å². The predicted octanol–water partition coefficient (Wildman–Crippen LogP) is 4.37. The lowest BCUT2D eigenvalue weighted by Crippen LogP contribution is -1.87. The summed E-state index contributed by atoms with van der Waals surface area (Å²) in [5.74, 6) is 0. The van der Waals surface area contributed by atoms with Crippen molar-refractivity contribution < 1.29 is 0 Å². The summed E-state index contributed by atoms with van der Waals surface area (Å²) < 4.78 is 0. The molecule has 0 N–H and O–H groups in total. The van der Waals surface area contributed by atoms with Gasteiger partial charge in [0.1, 0.15) is 0 Å². The first-order chi connectivity index (χ1) is 7.27. The quantitative estimate of drug-likeness (QED) is 0.647. The molecular formula is C14H21N. The van der Waals surface area contributed by atoms with E-state index in [1.807, 2.05) is 12.4 Å². The van der Waals surface area contributed by atoms with Crippen LogP contribution in [0.15, 0.2) is 24.5 Å². The lowest BCUT2D eigenvalue weighted by atomic mass is 10.0. The fourth-order valence-corrected chi connectivity index (χ4v) is 1.68. The second-order valence-corrected chi connectivity index (χ2v) is 3.98. The van der Waals surface area contributed by atoms with Gasteiger partial charge in [-0.2, -0.15) is 0 Å². The number of hydrogen-bond donors (Lipinski definition) is 0. The first-order valence-electron chi connectivity index (χ1n) is 5.89. The Hall–Kier alpha value is -1.11. The Morgan fingerprint density at radius 1 is 1.33 bits per heavy atom. The normalized spacial score (nSPS) is 11.8. The van der Waals surface area contributed by atoms with E-state index in [1.54, 1.807) is 0 Å². The molecule has 0 aliphatic carbocycles. The van der Waals surface area contributed by atoms with Gasteiger partial charge in [0.25, 0.3) is 0 Å². The van der Waals surface area contributed by atoms with Gasteiger partial charge in [-0.15, -0.1) is 0 Å². The van der Waals surface area contributed by atoms with Crippen LogP contribution in [0.4, 0.5) is 0 Å². The van der Waals surface area contributed by atoms with Crippen LogP contribution in [-0.2, 0) is 0 Å². The number of aromatic nitrogens is 1. The van der Waals surface area contributed by atoms with Crippen LogP contribution in [0.3, 0.4) is 0 Å². The lowest BCUT2D eigenvalue weighted by molar-refractivity contribution is 0.814. The Kier molecular flexibility index (Phi) is 5.09. The molecule has 0 aliphatic rings. The summed E-state index contributed by atoms with van der Waals surface area (Å²) in [6.45, 7) is 6.53. The smallest absolute Gasteiger partial charge is 0.0343 e. The highest BCUT2D eigenvalue weighted by atomic mass is 14.6. The summed E-state index contributed by atoms with van der Waals surface area (Å²) in [6.07, 6.45) is 11.1. The number of unbranched alkanes of at least 4 members (excludes halogenated alkanes) is 2. The van der Waals surface area contributed by atoms with Gasteiger partial charge in [-0.3, -0.25) is 4.98 Å². The van der Waals surface area contributed by atoms with Crippen molar-refractivity contribution in [3.8, 4) is 0 Å². The number of pyridine rings is 1. The second kappa shape index (κ2) is 6.39. The minimum atomic E-state index is 1.09. The molecule has 1 aromatic rings. The second-order valence-electron chi connectivity index (χ2n) is 3.98. The zero-order valence-corrected chi connectivity index (χ0v) is 10.1. The molecule has 0 aliphatic heterocycles. The molecule has 0 amide bonds. The van der Waals surface area contributed by atoms with Crippen LogP contribution in [0, 0.1) is 6.92 Å². The van der Waals surface area contributed by atoms with Crippen molar-refractivity contribution in [1.82, 2.24) is 4.98 Å². The van der Waals surface area contributed by atoms with Crippen LogP contribution in [0.25, 0.3) is 5.57 Å². The van der Waals surface area contributed by atoms with Gasteiger partial charge in [-0.05, 0) is 42.5 Å². The van der Waals surface area contributed by atoms with Gasteiger partial charge >= 0.3 is 0 Å². The molecule has 0 bridgehead atoms. The molecule has 0 unspecified atom stereocenters. The highest BCUT2D eigenvalue weighted by molar-refractivity contribution is 5.64. The fourth-order valence-electron chi connectivity index (χ4n) is 1.68. The molecule has 1 aromatic heterocycles. The zero-order chi connectivity index (χ0) is 11.1. The van der Waals surface area contributed by atoms with E-state index in [0.29, 0.717) is 0 Å². The summed E-state index contributed by atoms with van der Waals surface area (Å²) in [5.41, 5.74) is 3.95. The van der Waals surface area contributed by atoms with E-state index in [1.165, 1.54) is 36.0 Å². The highest BCUT2D eigenvalue weighted by Crippen LogP contribution is 2.19. The SMILES string of the molecule is CCCC/C=C(\CC)c1cncc(C)c1. The van der Waals surface area contributed by atoms with Gasteiger partial charge in [0, 0.05) is 12.4 Å². The van der Waals surface area contributed by atoms with Crippen LogP contribution in [0.1, 0.15) is 50.7 Å². The number of rotatable bonds is 5. The van der Waals surface area contributed by atoms with Crippen LogP contribution in [0.5, 0.6) is 0 Å². The number of nitrogens with zero attached hydrogens (tertiary/aromatic N) is 1. The number of hydrogen-bond acceptors (Lipinski definition) is 1. The Labute approximate surface area is 93.2 Å². The molecule has 0 saturated heterocycles. The van der Waals surface area contributed by atoms with E-state index in [0.717, 1.165) is 6.42 Å². The van der Waals surface area contributed by atoms with Gasteiger partial charge in [0.2, 0.25) is 0 Å². The van der Waals surface area contributed by atoms with Crippen LogP contribution < -0.4 is 0 Å². The molecule has 0 spiro atoms. The third-order valence-electron chi connectivity index (χ3n) is 2.58. The maximum Gasteiger partial charge on any atom is 0.0343 e. The summed E-state index contributed by atoms with van der Waals surface area (Å²) in [4.78, 5) is 4.24. The van der Waals surface area contributed by atoms with Crippen molar-refractivity contribution in [2.24, 2.45) is 0 Å². The topological polar surface area (TPSA) is 12.9 Å². The molecule has 0 atom stereocenters. The lowest BCUT2D eigenvalue weighted by Gasteiger charge is -2.05. The molecule has 82 valence electrons. The van der Waals surface area contributed by atoms with E-state index < -0.39 is 0 Å². The van der Waals surface area contributed by atoms with E-state index >= 15 is 0 Å². The van der Waals surface area contributed by atoms with Crippen LogP contribution >= 0.6 is 0 Å². The maximum absolute atomic E-state index is 4.24. The number of allylic oxidation sites excluding steroid dienone is 2. The Balaban J connectivity index is 2.77. The summed E-state index contributed by atoms with van der Waals surface area (Å²) in [6, 6.07) is 2.22. The van der Waals surface area contributed by atoms with Crippen molar-refractivity contribution in [2.45, 2.75) is 46.5 Å². The van der Waals surface area contributed by atoms with Gasteiger partial charge in [-0.25, -0.2) is 0 Å². The van der Waals surface area contributed by atoms with Crippen molar-refractivity contribution >= 4 is 5.57 Å². The molecule has 0 radical (unpaired) electrons. The molecule has 0 aromatic carbocycles. The van der Waals surface area contributed by atoms with Crippen molar-refractivity contribution in [3.63, 3.8) is 0 Å². The van der Waals surface area contributed by atoms with E-state index in [2.05, 4.69) is 37.9 Å². The molecule has 1 nitrogen and oxygen atoms in total.